The topological polar surface area (TPSA) is 33.2 Å². The van der Waals surface area contributed by atoms with Gasteiger partial charge in [-0.2, -0.15) is 0 Å². The standard InChI is InChI=1S/C15H24N2O/c1-5-12(6-2)14-10-9-13(11-16-14)15(18)17(7-3)8-4/h9-12H,5-8H2,1-4H3. The summed E-state index contributed by atoms with van der Waals surface area (Å²) in [7, 11) is 0. The number of hydrogen-bond acceptors (Lipinski definition) is 2. The summed E-state index contributed by atoms with van der Waals surface area (Å²) in [5.41, 5.74) is 1.78. The largest absolute Gasteiger partial charge is 0.339 e. The summed E-state index contributed by atoms with van der Waals surface area (Å²) in [6.45, 7) is 9.81. The summed E-state index contributed by atoms with van der Waals surface area (Å²) in [6, 6.07) is 3.90. The van der Waals surface area contributed by atoms with E-state index in [2.05, 4.69) is 18.8 Å². The van der Waals surface area contributed by atoms with Crippen LogP contribution >= 0.6 is 0 Å². The molecule has 1 rings (SSSR count). The highest BCUT2D eigenvalue weighted by Gasteiger charge is 2.14. The molecule has 0 aromatic carbocycles. The Balaban J connectivity index is 2.85. The van der Waals surface area contributed by atoms with Crippen LogP contribution in [0.4, 0.5) is 0 Å². The van der Waals surface area contributed by atoms with Gasteiger partial charge in [-0.25, -0.2) is 0 Å². The van der Waals surface area contributed by atoms with E-state index in [4.69, 9.17) is 0 Å². The van der Waals surface area contributed by atoms with Crippen molar-refractivity contribution in [2.24, 2.45) is 0 Å². The molecule has 1 heterocycles. The molecular formula is C15H24N2O. The van der Waals surface area contributed by atoms with Gasteiger partial charge in [0.2, 0.25) is 0 Å². The van der Waals surface area contributed by atoms with Crippen LogP contribution in [-0.2, 0) is 0 Å². The van der Waals surface area contributed by atoms with Gasteiger partial charge in [0.25, 0.3) is 5.91 Å². The summed E-state index contributed by atoms with van der Waals surface area (Å²) in [4.78, 5) is 18.4. The SMILES string of the molecule is CCC(CC)c1ccc(C(=O)N(CC)CC)cn1. The maximum Gasteiger partial charge on any atom is 0.255 e. The molecule has 0 radical (unpaired) electrons. The van der Waals surface area contributed by atoms with Crippen LogP contribution in [0.5, 0.6) is 0 Å². The Morgan fingerprint density at radius 3 is 2.17 bits per heavy atom. The molecule has 0 saturated carbocycles. The van der Waals surface area contributed by atoms with Crippen LogP contribution in [-0.4, -0.2) is 28.9 Å². The molecule has 3 nitrogen and oxygen atoms in total. The number of carbonyl (C=O) groups is 1. The lowest BCUT2D eigenvalue weighted by molar-refractivity contribution is 0.0772. The van der Waals surface area contributed by atoms with Crippen molar-refractivity contribution in [1.82, 2.24) is 9.88 Å². The molecule has 0 saturated heterocycles. The van der Waals surface area contributed by atoms with Crippen molar-refractivity contribution in [3.05, 3.63) is 29.6 Å². The molecule has 0 unspecified atom stereocenters. The van der Waals surface area contributed by atoms with E-state index in [9.17, 15) is 4.79 Å². The van der Waals surface area contributed by atoms with Crippen molar-refractivity contribution in [3.8, 4) is 0 Å². The Labute approximate surface area is 110 Å². The molecule has 0 bridgehead atoms. The van der Waals surface area contributed by atoms with Gasteiger partial charge in [-0.05, 0) is 38.8 Å². The fourth-order valence-corrected chi connectivity index (χ4v) is 2.17. The Morgan fingerprint density at radius 1 is 1.17 bits per heavy atom. The normalized spacial score (nSPS) is 10.7. The zero-order valence-electron chi connectivity index (χ0n) is 11.9. The van der Waals surface area contributed by atoms with Crippen molar-refractivity contribution in [1.29, 1.82) is 0 Å². The monoisotopic (exact) mass is 248 g/mol. The van der Waals surface area contributed by atoms with E-state index in [1.54, 1.807) is 6.20 Å². The molecular weight excluding hydrogens is 224 g/mol. The van der Waals surface area contributed by atoms with E-state index in [-0.39, 0.29) is 5.91 Å². The van der Waals surface area contributed by atoms with Crippen molar-refractivity contribution in [3.63, 3.8) is 0 Å². The van der Waals surface area contributed by atoms with Gasteiger partial charge in [0.15, 0.2) is 0 Å². The second kappa shape index (κ2) is 7.14. The van der Waals surface area contributed by atoms with Crippen LogP contribution in [0.15, 0.2) is 18.3 Å². The van der Waals surface area contributed by atoms with Crippen LogP contribution in [0.1, 0.15) is 62.5 Å². The Morgan fingerprint density at radius 2 is 1.78 bits per heavy atom. The number of nitrogens with zero attached hydrogens (tertiary/aromatic N) is 2. The minimum atomic E-state index is 0.0728. The van der Waals surface area contributed by atoms with Gasteiger partial charge in [-0.15, -0.1) is 0 Å². The summed E-state index contributed by atoms with van der Waals surface area (Å²) < 4.78 is 0. The fraction of sp³-hybridized carbons (Fsp3) is 0.600. The first-order valence-electron chi connectivity index (χ1n) is 6.92. The molecule has 0 N–H and O–H groups in total. The van der Waals surface area contributed by atoms with Crippen LogP contribution < -0.4 is 0 Å². The van der Waals surface area contributed by atoms with Gasteiger partial charge in [-0.1, -0.05) is 13.8 Å². The highest BCUT2D eigenvalue weighted by Crippen LogP contribution is 2.21. The van der Waals surface area contributed by atoms with Crippen molar-refractivity contribution in [2.75, 3.05) is 13.1 Å². The Hall–Kier alpha value is -1.38. The lowest BCUT2D eigenvalue weighted by Gasteiger charge is -2.19. The van der Waals surface area contributed by atoms with E-state index in [1.807, 2.05) is 30.9 Å². The van der Waals surface area contributed by atoms with Crippen LogP contribution in [0.3, 0.4) is 0 Å². The summed E-state index contributed by atoms with van der Waals surface area (Å²) in [6.07, 6.45) is 3.90. The van der Waals surface area contributed by atoms with Crippen LogP contribution in [0.25, 0.3) is 0 Å². The van der Waals surface area contributed by atoms with Gasteiger partial charge in [0, 0.05) is 30.9 Å². The van der Waals surface area contributed by atoms with E-state index in [0.717, 1.165) is 31.6 Å². The highest BCUT2D eigenvalue weighted by molar-refractivity contribution is 5.93. The first kappa shape index (κ1) is 14.7. The van der Waals surface area contributed by atoms with Gasteiger partial charge in [-0.3, -0.25) is 9.78 Å². The lowest BCUT2D eigenvalue weighted by Crippen LogP contribution is -2.30. The molecule has 100 valence electrons. The third-order valence-electron chi connectivity index (χ3n) is 3.49. The highest BCUT2D eigenvalue weighted by atomic mass is 16.2. The van der Waals surface area contributed by atoms with Gasteiger partial charge >= 0.3 is 0 Å². The number of carbonyl (C=O) groups excluding carboxylic acids is 1. The van der Waals surface area contributed by atoms with Crippen LogP contribution in [0.2, 0.25) is 0 Å². The molecule has 18 heavy (non-hydrogen) atoms. The van der Waals surface area contributed by atoms with Crippen molar-refractivity contribution < 1.29 is 4.79 Å². The minimum Gasteiger partial charge on any atom is -0.339 e. The Kier molecular flexibility index (Phi) is 5.83. The molecule has 0 spiro atoms. The van der Waals surface area contributed by atoms with Gasteiger partial charge in [0.05, 0.1) is 5.56 Å². The molecule has 3 heteroatoms. The first-order valence-corrected chi connectivity index (χ1v) is 6.92. The fourth-order valence-electron chi connectivity index (χ4n) is 2.17. The molecule has 0 atom stereocenters. The zero-order valence-corrected chi connectivity index (χ0v) is 11.9. The number of hydrogen-bond donors (Lipinski definition) is 0. The van der Waals surface area contributed by atoms with Gasteiger partial charge < -0.3 is 4.90 Å². The van der Waals surface area contributed by atoms with E-state index in [0.29, 0.717) is 11.5 Å². The number of amides is 1. The molecule has 1 aromatic rings. The molecule has 1 amide bonds. The smallest absolute Gasteiger partial charge is 0.255 e. The minimum absolute atomic E-state index is 0.0728. The predicted molar refractivity (Wildman–Crippen MR) is 74.8 cm³/mol. The van der Waals surface area contributed by atoms with Gasteiger partial charge in [0.1, 0.15) is 0 Å². The third kappa shape index (κ3) is 3.31. The first-order chi connectivity index (χ1) is 8.67. The Bertz CT molecular complexity index is 365. The van der Waals surface area contributed by atoms with Crippen molar-refractivity contribution in [2.45, 2.75) is 46.5 Å². The van der Waals surface area contributed by atoms with E-state index < -0.39 is 0 Å². The van der Waals surface area contributed by atoms with E-state index in [1.165, 1.54) is 0 Å². The van der Waals surface area contributed by atoms with Crippen LogP contribution in [0, 0.1) is 0 Å². The average Bonchev–Trinajstić information content (AvgIpc) is 2.42. The third-order valence-corrected chi connectivity index (χ3v) is 3.49. The average molecular weight is 248 g/mol. The molecule has 0 fully saturated rings. The predicted octanol–water partition coefficient (Wildman–Crippen LogP) is 3.47. The number of aromatic nitrogens is 1. The zero-order chi connectivity index (χ0) is 13.5. The lowest BCUT2D eigenvalue weighted by atomic mass is 9.98. The molecule has 0 aliphatic heterocycles. The number of pyridine rings is 1. The second-order valence-electron chi connectivity index (χ2n) is 4.46. The maximum atomic E-state index is 12.1. The maximum absolute atomic E-state index is 12.1. The summed E-state index contributed by atoms with van der Waals surface area (Å²) in [5, 5.41) is 0. The quantitative estimate of drug-likeness (QED) is 0.772. The van der Waals surface area contributed by atoms with E-state index >= 15 is 0 Å². The molecule has 1 aromatic heterocycles. The van der Waals surface area contributed by atoms with Crippen molar-refractivity contribution >= 4 is 5.91 Å². The number of rotatable bonds is 6. The molecule has 0 aliphatic carbocycles. The molecule has 0 aliphatic rings. The second-order valence-corrected chi connectivity index (χ2v) is 4.46. The summed E-state index contributed by atoms with van der Waals surface area (Å²) >= 11 is 0. The summed E-state index contributed by atoms with van der Waals surface area (Å²) in [5.74, 6) is 0.575.